The van der Waals surface area contributed by atoms with Gasteiger partial charge in [-0.3, -0.25) is 10.1 Å². The number of nitrogens with zero attached hydrogens (tertiary/aromatic N) is 3. The van der Waals surface area contributed by atoms with Gasteiger partial charge in [0.1, 0.15) is 5.82 Å². The smallest absolute Gasteiger partial charge is 0.259 e. The van der Waals surface area contributed by atoms with E-state index in [-0.39, 0.29) is 5.91 Å². The molecule has 0 aliphatic heterocycles. The van der Waals surface area contributed by atoms with E-state index in [9.17, 15) is 4.79 Å². The summed E-state index contributed by atoms with van der Waals surface area (Å²) in [5, 5.41) is 6.58. The highest BCUT2D eigenvalue weighted by atomic mass is 16.5. The van der Waals surface area contributed by atoms with Crippen LogP contribution < -0.4 is 10.2 Å². The van der Waals surface area contributed by atoms with E-state index < -0.39 is 0 Å². The van der Waals surface area contributed by atoms with Crippen molar-refractivity contribution in [3.63, 3.8) is 0 Å². The zero-order valence-electron chi connectivity index (χ0n) is 12.1. The van der Waals surface area contributed by atoms with Crippen molar-refractivity contribution in [2.24, 2.45) is 0 Å². The van der Waals surface area contributed by atoms with E-state index in [0.29, 0.717) is 11.4 Å². The Morgan fingerprint density at radius 2 is 2.15 bits per heavy atom. The molecule has 0 aromatic carbocycles. The minimum Gasteiger partial charge on any atom is -0.363 e. The lowest BCUT2D eigenvalue weighted by molar-refractivity contribution is 0.102. The number of carbonyl (C=O) groups is 1. The molecule has 1 amide bonds. The van der Waals surface area contributed by atoms with Crippen LogP contribution in [0.1, 0.15) is 28.5 Å². The third-order valence-corrected chi connectivity index (χ3v) is 3.03. The number of carbonyl (C=O) groups excluding carboxylic acids is 1. The summed E-state index contributed by atoms with van der Waals surface area (Å²) in [5.41, 5.74) is 2.19. The molecule has 0 atom stereocenters. The number of nitrogens with one attached hydrogen (secondary N) is 1. The lowest BCUT2D eigenvalue weighted by atomic mass is 10.2. The number of amides is 1. The Balaban J connectivity index is 2.15. The van der Waals surface area contributed by atoms with Gasteiger partial charge in [-0.15, -0.1) is 0 Å². The maximum absolute atomic E-state index is 12.1. The number of hydrogen-bond donors (Lipinski definition) is 1. The van der Waals surface area contributed by atoms with Gasteiger partial charge in [-0.2, -0.15) is 0 Å². The molecule has 0 aliphatic rings. The van der Waals surface area contributed by atoms with E-state index >= 15 is 0 Å². The Morgan fingerprint density at radius 1 is 1.40 bits per heavy atom. The molecule has 6 heteroatoms. The SMILES string of the molecule is CCc1c(C)noc1NC(=O)c1ccc(N(C)C)nc1. The largest absolute Gasteiger partial charge is 0.363 e. The number of rotatable bonds is 4. The van der Waals surface area contributed by atoms with E-state index in [1.165, 1.54) is 0 Å². The van der Waals surface area contributed by atoms with Gasteiger partial charge in [-0.05, 0) is 25.5 Å². The summed E-state index contributed by atoms with van der Waals surface area (Å²) in [6.45, 7) is 3.84. The van der Waals surface area contributed by atoms with Gasteiger partial charge in [0.15, 0.2) is 0 Å². The van der Waals surface area contributed by atoms with E-state index in [4.69, 9.17) is 4.52 Å². The van der Waals surface area contributed by atoms with Gasteiger partial charge < -0.3 is 9.42 Å². The van der Waals surface area contributed by atoms with E-state index in [2.05, 4.69) is 15.5 Å². The molecule has 2 aromatic rings. The lowest BCUT2D eigenvalue weighted by Crippen LogP contribution is -2.14. The third-order valence-electron chi connectivity index (χ3n) is 3.03. The van der Waals surface area contributed by atoms with E-state index in [1.54, 1.807) is 18.3 Å². The van der Waals surface area contributed by atoms with Gasteiger partial charge in [0.05, 0.1) is 11.3 Å². The molecule has 0 bridgehead atoms. The second-order valence-corrected chi connectivity index (χ2v) is 4.68. The summed E-state index contributed by atoms with van der Waals surface area (Å²) in [6.07, 6.45) is 2.29. The van der Waals surface area contributed by atoms with Gasteiger partial charge in [-0.1, -0.05) is 12.1 Å². The molecule has 2 rings (SSSR count). The van der Waals surface area contributed by atoms with Crippen LogP contribution >= 0.6 is 0 Å². The first-order chi connectivity index (χ1) is 9.52. The average Bonchev–Trinajstić information content (AvgIpc) is 2.79. The van der Waals surface area contributed by atoms with Crippen LogP contribution in [0.2, 0.25) is 0 Å². The fourth-order valence-electron chi connectivity index (χ4n) is 1.86. The summed E-state index contributed by atoms with van der Waals surface area (Å²) in [7, 11) is 3.79. The Bertz CT molecular complexity index is 602. The zero-order valence-corrected chi connectivity index (χ0v) is 12.1. The predicted molar refractivity (Wildman–Crippen MR) is 77.1 cm³/mol. The molecule has 0 saturated carbocycles. The molecule has 0 radical (unpaired) electrons. The summed E-state index contributed by atoms with van der Waals surface area (Å²) in [5.74, 6) is 0.951. The Hall–Kier alpha value is -2.37. The summed E-state index contributed by atoms with van der Waals surface area (Å²) >= 11 is 0. The number of hydrogen-bond acceptors (Lipinski definition) is 5. The first-order valence-electron chi connectivity index (χ1n) is 6.42. The Labute approximate surface area is 117 Å². The molecular weight excluding hydrogens is 256 g/mol. The van der Waals surface area contributed by atoms with Gasteiger partial charge >= 0.3 is 0 Å². The van der Waals surface area contributed by atoms with Crippen LogP contribution in [-0.4, -0.2) is 30.1 Å². The van der Waals surface area contributed by atoms with Crippen molar-refractivity contribution < 1.29 is 9.32 Å². The molecule has 2 aromatic heterocycles. The Kier molecular flexibility index (Phi) is 4.02. The van der Waals surface area contributed by atoms with Crippen molar-refractivity contribution in [3.05, 3.63) is 35.2 Å². The molecule has 106 valence electrons. The number of pyridine rings is 1. The first-order valence-corrected chi connectivity index (χ1v) is 6.42. The highest BCUT2D eigenvalue weighted by Gasteiger charge is 2.15. The maximum Gasteiger partial charge on any atom is 0.259 e. The van der Waals surface area contributed by atoms with Crippen molar-refractivity contribution in [1.29, 1.82) is 0 Å². The molecule has 0 aliphatic carbocycles. The van der Waals surface area contributed by atoms with Gasteiger partial charge in [0.25, 0.3) is 5.91 Å². The lowest BCUT2D eigenvalue weighted by Gasteiger charge is -2.11. The maximum atomic E-state index is 12.1. The Morgan fingerprint density at radius 3 is 2.70 bits per heavy atom. The monoisotopic (exact) mass is 274 g/mol. The minimum absolute atomic E-state index is 0.256. The first kappa shape index (κ1) is 14.0. The molecule has 20 heavy (non-hydrogen) atoms. The van der Waals surface area contributed by atoms with Crippen LogP contribution in [0, 0.1) is 6.92 Å². The second kappa shape index (κ2) is 5.73. The number of anilines is 2. The van der Waals surface area contributed by atoms with Crippen LogP contribution in [0.5, 0.6) is 0 Å². The molecule has 6 nitrogen and oxygen atoms in total. The number of aromatic nitrogens is 2. The highest BCUT2D eigenvalue weighted by Crippen LogP contribution is 2.20. The van der Waals surface area contributed by atoms with Crippen LogP contribution in [0.15, 0.2) is 22.9 Å². The van der Waals surface area contributed by atoms with Crippen molar-refractivity contribution in [1.82, 2.24) is 10.1 Å². The zero-order chi connectivity index (χ0) is 14.7. The molecule has 2 heterocycles. The van der Waals surface area contributed by atoms with Gasteiger partial charge in [-0.25, -0.2) is 4.98 Å². The second-order valence-electron chi connectivity index (χ2n) is 4.68. The molecule has 0 spiro atoms. The molecule has 0 fully saturated rings. The van der Waals surface area contributed by atoms with Crippen molar-refractivity contribution in [2.75, 3.05) is 24.3 Å². The van der Waals surface area contributed by atoms with E-state index in [0.717, 1.165) is 23.5 Å². The van der Waals surface area contributed by atoms with E-state index in [1.807, 2.05) is 32.8 Å². The average molecular weight is 274 g/mol. The normalized spacial score (nSPS) is 10.4. The van der Waals surface area contributed by atoms with Crippen molar-refractivity contribution in [2.45, 2.75) is 20.3 Å². The quantitative estimate of drug-likeness (QED) is 0.926. The highest BCUT2D eigenvalue weighted by molar-refractivity contribution is 6.03. The predicted octanol–water partition coefficient (Wildman–Crippen LogP) is 2.26. The molecule has 1 N–H and O–H groups in total. The van der Waals surface area contributed by atoms with Crippen molar-refractivity contribution >= 4 is 17.6 Å². The van der Waals surface area contributed by atoms with Crippen LogP contribution in [0.4, 0.5) is 11.7 Å². The summed E-state index contributed by atoms with van der Waals surface area (Å²) in [6, 6.07) is 3.52. The van der Waals surface area contributed by atoms with Crippen LogP contribution in [0.25, 0.3) is 0 Å². The molecular formula is C14H18N4O2. The minimum atomic E-state index is -0.256. The fourth-order valence-corrected chi connectivity index (χ4v) is 1.86. The topological polar surface area (TPSA) is 71.3 Å². The molecule has 0 unspecified atom stereocenters. The van der Waals surface area contributed by atoms with Crippen LogP contribution in [-0.2, 0) is 6.42 Å². The van der Waals surface area contributed by atoms with Crippen LogP contribution in [0.3, 0.4) is 0 Å². The van der Waals surface area contributed by atoms with Gasteiger partial charge in [0.2, 0.25) is 5.88 Å². The fraction of sp³-hybridized carbons (Fsp3) is 0.357. The summed E-state index contributed by atoms with van der Waals surface area (Å²) < 4.78 is 5.13. The standard InChI is InChI=1S/C14H18N4O2/c1-5-11-9(2)17-20-14(11)16-13(19)10-6-7-12(15-8-10)18(3)4/h6-8H,5H2,1-4H3,(H,16,19). The molecule has 0 saturated heterocycles. The summed E-state index contributed by atoms with van der Waals surface area (Å²) in [4.78, 5) is 18.2. The van der Waals surface area contributed by atoms with Gasteiger partial charge in [0, 0.05) is 25.9 Å². The van der Waals surface area contributed by atoms with Crippen molar-refractivity contribution in [3.8, 4) is 0 Å². The third kappa shape index (κ3) is 2.79. The number of aryl methyl sites for hydroxylation is 1.